The Hall–Kier alpha value is -0.780. The van der Waals surface area contributed by atoms with E-state index in [4.69, 9.17) is 5.73 Å². The van der Waals surface area contributed by atoms with Gasteiger partial charge in [0.05, 0.1) is 0 Å². The Labute approximate surface area is 140 Å². The van der Waals surface area contributed by atoms with Gasteiger partial charge in [-0.1, -0.05) is 50.6 Å². The first kappa shape index (κ1) is 19.2. The van der Waals surface area contributed by atoms with Crippen molar-refractivity contribution in [1.82, 2.24) is 5.32 Å². The molecule has 114 valence electrons. The molecule has 0 radical (unpaired) electrons. The number of benzene rings is 1. The molecule has 1 aromatic carbocycles. The van der Waals surface area contributed by atoms with E-state index in [9.17, 15) is 0 Å². The number of nitrogens with one attached hydrogen (secondary N) is 1. The molecule has 3 N–H and O–H groups in total. The average Bonchev–Trinajstić information content (AvgIpc) is 2.36. The summed E-state index contributed by atoms with van der Waals surface area (Å²) in [6.45, 7) is 10.3. The zero-order chi connectivity index (χ0) is 14.3. The Kier molecular flexibility index (Phi) is 9.63. The van der Waals surface area contributed by atoms with Gasteiger partial charge in [0, 0.05) is 19.0 Å². The van der Waals surface area contributed by atoms with Crippen molar-refractivity contribution in [3.05, 3.63) is 35.4 Å². The van der Waals surface area contributed by atoms with Crippen LogP contribution in [0, 0.1) is 12.8 Å². The van der Waals surface area contributed by atoms with Gasteiger partial charge < -0.3 is 11.1 Å². The molecule has 3 nitrogen and oxygen atoms in total. The van der Waals surface area contributed by atoms with Crippen molar-refractivity contribution in [2.45, 2.75) is 40.0 Å². The van der Waals surface area contributed by atoms with E-state index >= 15 is 0 Å². The minimum absolute atomic E-state index is 0. The van der Waals surface area contributed by atoms with Crippen LogP contribution in [-0.4, -0.2) is 19.0 Å². The lowest BCUT2D eigenvalue weighted by atomic mass is 10.0. The van der Waals surface area contributed by atoms with E-state index in [0.717, 1.165) is 19.5 Å². The third kappa shape index (κ3) is 7.72. The predicted octanol–water partition coefficient (Wildman–Crippen LogP) is 3.67. The van der Waals surface area contributed by atoms with Gasteiger partial charge >= 0.3 is 0 Å². The van der Waals surface area contributed by atoms with E-state index in [0.29, 0.717) is 17.8 Å². The Morgan fingerprint density at radius 2 is 1.80 bits per heavy atom. The van der Waals surface area contributed by atoms with Crippen LogP contribution in [0.1, 0.15) is 44.2 Å². The van der Waals surface area contributed by atoms with Gasteiger partial charge in [-0.15, -0.1) is 24.0 Å². The molecule has 0 spiro atoms. The number of nitrogens with zero attached hydrogens (tertiary/aromatic N) is 1. The molecule has 0 saturated heterocycles. The molecule has 0 fully saturated rings. The first-order valence-electron chi connectivity index (χ1n) is 7.09. The Bertz CT molecular complexity index is 399. The SMILES string of the molecule is Cc1ccc(C(C)CN=C(N)NCCC(C)C)cc1.I. The van der Waals surface area contributed by atoms with Crippen LogP contribution in [0.5, 0.6) is 0 Å². The van der Waals surface area contributed by atoms with Crippen LogP contribution in [0.15, 0.2) is 29.3 Å². The Balaban J connectivity index is 0.00000361. The van der Waals surface area contributed by atoms with Crippen molar-refractivity contribution in [3.63, 3.8) is 0 Å². The molecule has 1 unspecified atom stereocenters. The molecule has 0 heterocycles. The minimum Gasteiger partial charge on any atom is -0.370 e. The number of aryl methyl sites for hydroxylation is 1. The molecule has 1 aromatic rings. The van der Waals surface area contributed by atoms with Crippen molar-refractivity contribution >= 4 is 29.9 Å². The zero-order valence-electron chi connectivity index (χ0n) is 13.0. The largest absolute Gasteiger partial charge is 0.370 e. The molecule has 0 aliphatic rings. The molecule has 4 heteroatoms. The van der Waals surface area contributed by atoms with Crippen LogP contribution in [0.25, 0.3) is 0 Å². The summed E-state index contributed by atoms with van der Waals surface area (Å²) in [5, 5.41) is 3.16. The molecule has 20 heavy (non-hydrogen) atoms. The van der Waals surface area contributed by atoms with Crippen LogP contribution >= 0.6 is 24.0 Å². The van der Waals surface area contributed by atoms with Crippen LogP contribution in [0.2, 0.25) is 0 Å². The molecule has 1 atom stereocenters. The smallest absolute Gasteiger partial charge is 0.188 e. The summed E-state index contributed by atoms with van der Waals surface area (Å²) >= 11 is 0. The van der Waals surface area contributed by atoms with Gasteiger partial charge in [0.15, 0.2) is 5.96 Å². The fourth-order valence-corrected chi connectivity index (χ4v) is 1.78. The predicted molar refractivity (Wildman–Crippen MR) is 99.0 cm³/mol. The van der Waals surface area contributed by atoms with E-state index in [-0.39, 0.29) is 24.0 Å². The molecule has 0 saturated carbocycles. The van der Waals surface area contributed by atoms with Gasteiger partial charge in [-0.25, -0.2) is 0 Å². The van der Waals surface area contributed by atoms with Crippen LogP contribution < -0.4 is 11.1 Å². The van der Waals surface area contributed by atoms with Gasteiger partial charge in [-0.05, 0) is 24.8 Å². The summed E-state index contributed by atoms with van der Waals surface area (Å²) < 4.78 is 0. The maximum atomic E-state index is 5.85. The van der Waals surface area contributed by atoms with E-state index in [1.807, 2.05) is 0 Å². The topological polar surface area (TPSA) is 50.4 Å². The first-order chi connectivity index (χ1) is 8.99. The molecular formula is C16H28IN3. The van der Waals surface area contributed by atoms with Gasteiger partial charge in [-0.2, -0.15) is 0 Å². The summed E-state index contributed by atoms with van der Waals surface area (Å²) in [6.07, 6.45) is 1.11. The second-order valence-corrected chi connectivity index (χ2v) is 5.65. The van der Waals surface area contributed by atoms with Crippen LogP contribution in [-0.2, 0) is 0 Å². The summed E-state index contributed by atoms with van der Waals surface area (Å²) in [5.41, 5.74) is 8.45. The van der Waals surface area contributed by atoms with E-state index in [1.165, 1.54) is 11.1 Å². The summed E-state index contributed by atoms with van der Waals surface area (Å²) in [7, 11) is 0. The number of aliphatic imine (C=N–C) groups is 1. The standard InChI is InChI=1S/C16H27N3.HI/c1-12(2)9-10-18-16(17)19-11-14(4)15-7-5-13(3)6-8-15;/h5-8,12,14H,9-11H2,1-4H3,(H3,17,18,19);1H. The lowest BCUT2D eigenvalue weighted by molar-refractivity contribution is 0.576. The van der Waals surface area contributed by atoms with Crippen molar-refractivity contribution < 1.29 is 0 Å². The number of halogens is 1. The molecule has 0 aliphatic carbocycles. The monoisotopic (exact) mass is 389 g/mol. The number of nitrogens with two attached hydrogens (primary N) is 1. The van der Waals surface area contributed by atoms with Gasteiger partial charge in [0.2, 0.25) is 0 Å². The van der Waals surface area contributed by atoms with E-state index in [1.54, 1.807) is 0 Å². The van der Waals surface area contributed by atoms with Gasteiger partial charge in [0.1, 0.15) is 0 Å². The molecule has 1 rings (SSSR count). The fourth-order valence-electron chi connectivity index (χ4n) is 1.78. The fraction of sp³-hybridized carbons (Fsp3) is 0.562. The quantitative estimate of drug-likeness (QED) is 0.443. The highest BCUT2D eigenvalue weighted by atomic mass is 127. The van der Waals surface area contributed by atoms with Gasteiger partial charge in [-0.3, -0.25) is 4.99 Å². The second kappa shape index (κ2) is 10.0. The lowest BCUT2D eigenvalue weighted by Crippen LogP contribution is -2.33. The number of hydrogen-bond acceptors (Lipinski definition) is 1. The normalized spacial score (nSPS) is 12.9. The summed E-state index contributed by atoms with van der Waals surface area (Å²) in [5.74, 6) is 1.64. The lowest BCUT2D eigenvalue weighted by Gasteiger charge is -2.11. The summed E-state index contributed by atoms with van der Waals surface area (Å²) in [6, 6.07) is 8.61. The highest BCUT2D eigenvalue weighted by Gasteiger charge is 2.04. The molecule has 0 bridgehead atoms. The second-order valence-electron chi connectivity index (χ2n) is 5.65. The number of guanidine groups is 1. The van der Waals surface area contributed by atoms with E-state index < -0.39 is 0 Å². The number of hydrogen-bond donors (Lipinski definition) is 2. The van der Waals surface area contributed by atoms with E-state index in [2.05, 4.69) is 62.3 Å². The average molecular weight is 389 g/mol. The maximum absolute atomic E-state index is 5.85. The van der Waals surface area contributed by atoms with Gasteiger partial charge in [0.25, 0.3) is 0 Å². The first-order valence-corrected chi connectivity index (χ1v) is 7.09. The maximum Gasteiger partial charge on any atom is 0.188 e. The third-order valence-electron chi connectivity index (χ3n) is 3.21. The Morgan fingerprint density at radius 1 is 1.20 bits per heavy atom. The number of rotatable bonds is 6. The highest BCUT2D eigenvalue weighted by molar-refractivity contribution is 14.0. The molecule has 0 amide bonds. The van der Waals surface area contributed by atoms with Crippen molar-refractivity contribution in [1.29, 1.82) is 0 Å². The van der Waals surface area contributed by atoms with Crippen molar-refractivity contribution in [3.8, 4) is 0 Å². The molecular weight excluding hydrogens is 361 g/mol. The van der Waals surface area contributed by atoms with Crippen LogP contribution in [0.3, 0.4) is 0 Å². The highest BCUT2D eigenvalue weighted by Crippen LogP contribution is 2.15. The zero-order valence-corrected chi connectivity index (χ0v) is 15.3. The van der Waals surface area contributed by atoms with Crippen LogP contribution in [0.4, 0.5) is 0 Å². The minimum atomic E-state index is 0. The molecule has 0 aromatic heterocycles. The molecule has 0 aliphatic heterocycles. The third-order valence-corrected chi connectivity index (χ3v) is 3.21. The Morgan fingerprint density at radius 3 is 2.35 bits per heavy atom. The van der Waals surface area contributed by atoms with Crippen molar-refractivity contribution in [2.24, 2.45) is 16.6 Å². The summed E-state index contributed by atoms with van der Waals surface area (Å²) in [4.78, 5) is 4.40. The van der Waals surface area contributed by atoms with Crippen molar-refractivity contribution in [2.75, 3.05) is 13.1 Å².